The summed E-state index contributed by atoms with van der Waals surface area (Å²) in [7, 11) is 2.06. The molecule has 0 heterocycles. The summed E-state index contributed by atoms with van der Waals surface area (Å²) in [5, 5.41) is 11.9. The Morgan fingerprint density at radius 3 is 2.78 bits per heavy atom. The van der Waals surface area contributed by atoms with Crippen LogP contribution in [0.5, 0.6) is 0 Å². The number of nitrogens with one attached hydrogen (secondary N) is 1. The van der Waals surface area contributed by atoms with E-state index < -0.39 is 0 Å². The van der Waals surface area contributed by atoms with Crippen LogP contribution in [0.25, 0.3) is 0 Å². The molecule has 0 fully saturated rings. The van der Waals surface area contributed by atoms with Gasteiger partial charge in [-0.1, -0.05) is 0 Å². The summed E-state index contributed by atoms with van der Waals surface area (Å²) in [6, 6.07) is 6.95. The lowest BCUT2D eigenvalue weighted by Crippen LogP contribution is -2.33. The van der Waals surface area contributed by atoms with Gasteiger partial charge in [-0.15, -0.1) is 0 Å². The first kappa shape index (κ1) is 14.6. The molecule has 0 aliphatic rings. The van der Waals surface area contributed by atoms with Crippen LogP contribution in [0, 0.1) is 17.1 Å². The number of rotatable bonds is 6. The van der Waals surface area contributed by atoms with Crippen LogP contribution in [0.4, 0.5) is 4.39 Å². The smallest absolute Gasteiger partial charge is 0.127 e. The largest absolute Gasteiger partial charge is 0.311 e. The molecule has 0 spiro atoms. The van der Waals surface area contributed by atoms with Crippen molar-refractivity contribution in [1.82, 2.24) is 10.2 Å². The van der Waals surface area contributed by atoms with E-state index in [0.29, 0.717) is 23.7 Å². The van der Waals surface area contributed by atoms with E-state index in [1.807, 2.05) is 6.07 Å². The third kappa shape index (κ3) is 4.44. The van der Waals surface area contributed by atoms with E-state index in [1.54, 1.807) is 6.07 Å². The van der Waals surface area contributed by atoms with Gasteiger partial charge < -0.3 is 10.2 Å². The molecule has 1 rings (SSSR count). The highest BCUT2D eigenvalue weighted by Crippen LogP contribution is 2.09. The molecule has 1 N–H and O–H groups in total. The lowest BCUT2D eigenvalue weighted by molar-refractivity contribution is 0.273. The molecule has 3 nitrogen and oxygen atoms in total. The van der Waals surface area contributed by atoms with Gasteiger partial charge in [0.15, 0.2) is 0 Å². The van der Waals surface area contributed by atoms with Gasteiger partial charge in [-0.25, -0.2) is 4.39 Å². The predicted molar refractivity (Wildman–Crippen MR) is 70.6 cm³/mol. The second-order valence-electron chi connectivity index (χ2n) is 4.67. The Balaban J connectivity index is 2.42. The molecule has 1 aromatic rings. The summed E-state index contributed by atoms with van der Waals surface area (Å²) in [6.45, 7) is 6.43. The van der Waals surface area contributed by atoms with Gasteiger partial charge in [-0.2, -0.15) is 5.26 Å². The molecule has 18 heavy (non-hydrogen) atoms. The van der Waals surface area contributed by atoms with Crippen molar-refractivity contribution in [2.45, 2.75) is 26.4 Å². The maximum Gasteiger partial charge on any atom is 0.127 e. The second kappa shape index (κ2) is 7.10. The molecule has 98 valence electrons. The SMILES string of the molecule is CC(C)N(C)CCNCc1cc(C#N)ccc1F. The zero-order valence-corrected chi connectivity index (χ0v) is 11.2. The quantitative estimate of drug-likeness (QED) is 0.785. The molecule has 0 amide bonds. The zero-order chi connectivity index (χ0) is 13.5. The van der Waals surface area contributed by atoms with Gasteiger partial charge in [0.25, 0.3) is 0 Å². The minimum atomic E-state index is -0.265. The van der Waals surface area contributed by atoms with E-state index in [2.05, 4.69) is 31.1 Å². The first-order valence-corrected chi connectivity index (χ1v) is 6.14. The lowest BCUT2D eigenvalue weighted by atomic mass is 10.1. The second-order valence-corrected chi connectivity index (χ2v) is 4.67. The molecule has 0 aliphatic heterocycles. The van der Waals surface area contributed by atoms with E-state index in [4.69, 9.17) is 5.26 Å². The van der Waals surface area contributed by atoms with Crippen LogP contribution < -0.4 is 5.32 Å². The summed E-state index contributed by atoms with van der Waals surface area (Å²) < 4.78 is 13.5. The maximum absolute atomic E-state index is 13.5. The fourth-order valence-corrected chi connectivity index (χ4v) is 1.52. The monoisotopic (exact) mass is 249 g/mol. The van der Waals surface area contributed by atoms with Crippen molar-refractivity contribution in [3.63, 3.8) is 0 Å². The van der Waals surface area contributed by atoms with Crippen molar-refractivity contribution in [3.05, 3.63) is 35.1 Å². The van der Waals surface area contributed by atoms with E-state index in [9.17, 15) is 4.39 Å². The highest BCUT2D eigenvalue weighted by Gasteiger charge is 2.05. The van der Waals surface area contributed by atoms with Crippen molar-refractivity contribution >= 4 is 0 Å². The van der Waals surface area contributed by atoms with Crippen LogP contribution >= 0.6 is 0 Å². The van der Waals surface area contributed by atoms with Crippen LogP contribution in [0.3, 0.4) is 0 Å². The molecule has 0 saturated heterocycles. The zero-order valence-electron chi connectivity index (χ0n) is 11.2. The maximum atomic E-state index is 13.5. The first-order chi connectivity index (χ1) is 8.54. The van der Waals surface area contributed by atoms with Crippen LogP contribution in [0.1, 0.15) is 25.0 Å². The van der Waals surface area contributed by atoms with Crippen molar-refractivity contribution in [2.75, 3.05) is 20.1 Å². The number of halogens is 1. The topological polar surface area (TPSA) is 39.1 Å². The Morgan fingerprint density at radius 1 is 1.44 bits per heavy atom. The van der Waals surface area contributed by atoms with Gasteiger partial charge in [0.1, 0.15) is 5.82 Å². The lowest BCUT2D eigenvalue weighted by Gasteiger charge is -2.21. The number of nitriles is 1. The van der Waals surface area contributed by atoms with Crippen molar-refractivity contribution in [2.24, 2.45) is 0 Å². The molecular weight excluding hydrogens is 229 g/mol. The van der Waals surface area contributed by atoms with Gasteiger partial charge in [0.2, 0.25) is 0 Å². The van der Waals surface area contributed by atoms with E-state index in [-0.39, 0.29) is 5.82 Å². The summed E-state index contributed by atoms with van der Waals surface area (Å²) in [5.74, 6) is -0.265. The van der Waals surface area contributed by atoms with Crippen molar-refractivity contribution < 1.29 is 4.39 Å². The van der Waals surface area contributed by atoms with Gasteiger partial charge in [-0.3, -0.25) is 0 Å². The molecular formula is C14H20FN3. The average molecular weight is 249 g/mol. The van der Waals surface area contributed by atoms with E-state index in [1.165, 1.54) is 12.1 Å². The number of hydrogen-bond acceptors (Lipinski definition) is 3. The predicted octanol–water partition coefficient (Wildman–Crippen LogP) is 2.13. The highest BCUT2D eigenvalue weighted by atomic mass is 19.1. The van der Waals surface area contributed by atoms with Crippen LogP contribution in [0.2, 0.25) is 0 Å². The Kier molecular flexibility index (Phi) is 5.76. The van der Waals surface area contributed by atoms with Gasteiger partial charge in [0.05, 0.1) is 11.6 Å². The highest BCUT2D eigenvalue weighted by molar-refractivity contribution is 5.33. The number of hydrogen-bond donors (Lipinski definition) is 1. The summed E-state index contributed by atoms with van der Waals surface area (Å²) in [4.78, 5) is 2.22. The van der Waals surface area contributed by atoms with Gasteiger partial charge in [-0.05, 0) is 39.1 Å². The summed E-state index contributed by atoms with van der Waals surface area (Å²) in [6.07, 6.45) is 0. The molecule has 1 aromatic carbocycles. The van der Waals surface area contributed by atoms with E-state index >= 15 is 0 Å². The fourth-order valence-electron chi connectivity index (χ4n) is 1.52. The summed E-state index contributed by atoms with van der Waals surface area (Å²) in [5.41, 5.74) is 1.04. The molecule has 0 radical (unpaired) electrons. The van der Waals surface area contributed by atoms with Crippen molar-refractivity contribution in [3.8, 4) is 6.07 Å². The summed E-state index contributed by atoms with van der Waals surface area (Å²) >= 11 is 0. The molecule has 0 aromatic heterocycles. The van der Waals surface area contributed by atoms with Crippen LogP contribution in [-0.4, -0.2) is 31.1 Å². The number of benzene rings is 1. The van der Waals surface area contributed by atoms with Gasteiger partial charge >= 0.3 is 0 Å². The van der Waals surface area contributed by atoms with E-state index in [0.717, 1.165) is 13.1 Å². The molecule has 0 aliphatic carbocycles. The molecule has 0 atom stereocenters. The van der Waals surface area contributed by atoms with Gasteiger partial charge in [0, 0.05) is 31.2 Å². The number of likely N-dealkylation sites (N-methyl/N-ethyl adjacent to an activating group) is 1. The molecule has 0 saturated carbocycles. The normalized spacial score (nSPS) is 10.9. The molecule has 4 heteroatoms. The molecule has 0 unspecified atom stereocenters. The Labute approximate surface area is 108 Å². The Morgan fingerprint density at radius 2 is 2.17 bits per heavy atom. The minimum Gasteiger partial charge on any atom is -0.311 e. The van der Waals surface area contributed by atoms with Crippen LogP contribution in [0.15, 0.2) is 18.2 Å². The first-order valence-electron chi connectivity index (χ1n) is 6.14. The Hall–Kier alpha value is -1.44. The van der Waals surface area contributed by atoms with Crippen LogP contribution in [-0.2, 0) is 6.54 Å². The molecule has 0 bridgehead atoms. The average Bonchev–Trinajstić information content (AvgIpc) is 2.36. The fraction of sp³-hybridized carbons (Fsp3) is 0.500. The Bertz CT molecular complexity index is 424. The minimum absolute atomic E-state index is 0.265. The third-order valence-corrected chi connectivity index (χ3v) is 3.01. The third-order valence-electron chi connectivity index (χ3n) is 3.01. The van der Waals surface area contributed by atoms with Crippen molar-refractivity contribution in [1.29, 1.82) is 5.26 Å². The number of nitrogens with zero attached hydrogens (tertiary/aromatic N) is 2. The standard InChI is InChI=1S/C14H20FN3/c1-11(2)18(3)7-6-17-10-13-8-12(9-16)4-5-14(13)15/h4-5,8,11,17H,6-7,10H2,1-3H3.